The number of aromatic amines is 1. The molecule has 0 saturated carbocycles. The number of halogens is 3. The van der Waals surface area contributed by atoms with E-state index in [0.29, 0.717) is 30.3 Å². The number of fused-ring (bicyclic) bond motifs is 3. The van der Waals surface area contributed by atoms with E-state index in [9.17, 15) is 9.65 Å². The molecular weight excluding hydrogens is 594 g/mol. The molecule has 2 fully saturated rings. The minimum atomic E-state index is -0.738. The quantitative estimate of drug-likeness (QED) is 0.188. The van der Waals surface area contributed by atoms with Crippen LogP contribution in [0.15, 0.2) is 30.6 Å². The number of nitrogens with two attached hydrogens (primary N) is 1. The zero-order chi connectivity index (χ0) is 29.9. The van der Waals surface area contributed by atoms with Gasteiger partial charge in [0, 0.05) is 41.2 Å². The van der Waals surface area contributed by atoms with Gasteiger partial charge >= 0.3 is 6.01 Å². The number of anilines is 2. The molecule has 2 atom stereocenters. The van der Waals surface area contributed by atoms with Crippen molar-refractivity contribution in [3.05, 3.63) is 58.4 Å². The van der Waals surface area contributed by atoms with Gasteiger partial charge in [-0.05, 0) is 49.4 Å². The molecule has 2 aliphatic heterocycles. The number of benzene rings is 2. The first-order chi connectivity index (χ1) is 20.8. The molecule has 43 heavy (non-hydrogen) atoms. The van der Waals surface area contributed by atoms with E-state index in [4.69, 9.17) is 22.1 Å². The first-order valence-corrected chi connectivity index (χ1v) is 15.2. The summed E-state index contributed by atoms with van der Waals surface area (Å²) in [7, 11) is 0. The number of hydrogen-bond donors (Lipinski definition) is 3. The van der Waals surface area contributed by atoms with Crippen molar-refractivity contribution in [2.75, 3.05) is 30.7 Å². The Morgan fingerprint density at radius 1 is 1.35 bits per heavy atom. The van der Waals surface area contributed by atoms with E-state index in [0.717, 1.165) is 49.3 Å². The second-order valence-electron chi connectivity index (χ2n) is 11.4. The molecule has 2 saturated heterocycles. The Morgan fingerprint density at radius 3 is 3.00 bits per heavy atom. The molecule has 5 heterocycles. The average molecular weight is 621 g/mol. The molecule has 0 aliphatic carbocycles. The SMILES string of the molecule is C[C@H]1CN2CCC[C@@]2(COc2nc(NCc3cn[nH]c3)c3cc(Cl)c(-c4ccc(F)c5sc(N)c(C#N)c45)c(F)c3n2)C1. The summed E-state index contributed by atoms with van der Waals surface area (Å²) in [5.41, 5.74) is 7.12. The second kappa shape index (κ2) is 10.6. The highest BCUT2D eigenvalue weighted by molar-refractivity contribution is 7.23. The van der Waals surface area contributed by atoms with Crippen LogP contribution in [-0.2, 0) is 6.54 Å². The second-order valence-corrected chi connectivity index (χ2v) is 12.8. The van der Waals surface area contributed by atoms with E-state index >= 15 is 4.39 Å². The maximum Gasteiger partial charge on any atom is 0.319 e. The molecule has 13 heteroatoms. The summed E-state index contributed by atoms with van der Waals surface area (Å²) in [4.78, 5) is 11.7. The van der Waals surface area contributed by atoms with E-state index in [-0.39, 0.29) is 53.9 Å². The standard InChI is InChI=1S/C30H27ClF2N8OS/c1-15-8-30(5-2-6-41(30)13-15)14-42-29-39-25-18(28(40-29)36-10-16-11-37-38-12-16)7-20(31)23(24(25)33)17-3-4-21(32)26-22(17)19(9-34)27(35)43-26/h3-4,7,11-12,15H,2,5-6,8,10,13-14,35H2,1H3,(H,37,38)(H,36,39,40)/t15-,30+/m1/s1. The molecule has 2 aromatic carbocycles. The van der Waals surface area contributed by atoms with Crippen LogP contribution in [0.1, 0.15) is 37.3 Å². The van der Waals surface area contributed by atoms with Gasteiger partial charge in [0.15, 0.2) is 5.82 Å². The van der Waals surface area contributed by atoms with Crippen LogP contribution in [-0.4, -0.2) is 50.3 Å². The monoisotopic (exact) mass is 620 g/mol. The molecule has 0 radical (unpaired) electrons. The van der Waals surface area contributed by atoms with Crippen LogP contribution >= 0.6 is 22.9 Å². The summed E-state index contributed by atoms with van der Waals surface area (Å²) in [6.07, 6.45) is 6.57. The Hall–Kier alpha value is -4.05. The zero-order valence-electron chi connectivity index (χ0n) is 23.2. The topological polar surface area (TPSA) is 129 Å². The van der Waals surface area contributed by atoms with Gasteiger partial charge in [0.25, 0.3) is 0 Å². The van der Waals surface area contributed by atoms with Gasteiger partial charge in [0.2, 0.25) is 0 Å². The van der Waals surface area contributed by atoms with Crippen molar-refractivity contribution < 1.29 is 13.5 Å². The summed E-state index contributed by atoms with van der Waals surface area (Å²) >= 11 is 7.68. The third-order valence-corrected chi connectivity index (χ3v) is 9.87. The minimum Gasteiger partial charge on any atom is -0.461 e. The molecule has 0 bridgehead atoms. The van der Waals surface area contributed by atoms with Crippen molar-refractivity contribution in [3.63, 3.8) is 0 Å². The van der Waals surface area contributed by atoms with E-state index in [1.54, 1.807) is 18.5 Å². The molecule has 0 unspecified atom stereocenters. The van der Waals surface area contributed by atoms with Gasteiger partial charge in [-0.2, -0.15) is 20.3 Å². The van der Waals surface area contributed by atoms with Crippen LogP contribution in [0.25, 0.3) is 32.1 Å². The highest BCUT2D eigenvalue weighted by Gasteiger charge is 2.47. The number of thiophene rings is 1. The maximum absolute atomic E-state index is 16.7. The van der Waals surface area contributed by atoms with Gasteiger partial charge in [0.1, 0.15) is 34.8 Å². The van der Waals surface area contributed by atoms with Crippen molar-refractivity contribution in [2.24, 2.45) is 5.92 Å². The molecular formula is C30H27ClF2N8OS. The Kier molecular flexibility index (Phi) is 6.84. The molecule has 3 aromatic heterocycles. The summed E-state index contributed by atoms with van der Waals surface area (Å²) in [6.45, 7) is 5.06. The number of nitrogen functional groups attached to an aromatic ring is 1. The average Bonchev–Trinajstić information content (AvgIpc) is 3.76. The fourth-order valence-electron chi connectivity index (χ4n) is 6.71. The number of rotatable bonds is 7. The van der Waals surface area contributed by atoms with Gasteiger partial charge in [-0.15, -0.1) is 11.3 Å². The predicted octanol–water partition coefficient (Wildman–Crippen LogP) is 6.49. The van der Waals surface area contributed by atoms with Gasteiger partial charge in [0.05, 0.1) is 27.0 Å². The summed E-state index contributed by atoms with van der Waals surface area (Å²) < 4.78 is 37.9. The van der Waals surface area contributed by atoms with Gasteiger partial charge in [-0.25, -0.2) is 8.78 Å². The van der Waals surface area contributed by atoms with Crippen LogP contribution in [0.4, 0.5) is 19.6 Å². The van der Waals surface area contributed by atoms with Gasteiger partial charge < -0.3 is 15.8 Å². The highest BCUT2D eigenvalue weighted by atomic mass is 35.5. The lowest BCUT2D eigenvalue weighted by Crippen LogP contribution is -2.43. The smallest absolute Gasteiger partial charge is 0.319 e. The lowest BCUT2D eigenvalue weighted by atomic mass is 9.92. The Morgan fingerprint density at radius 2 is 2.21 bits per heavy atom. The summed E-state index contributed by atoms with van der Waals surface area (Å²) in [5.74, 6) is -0.388. The molecule has 2 aliphatic rings. The molecule has 220 valence electrons. The van der Waals surface area contributed by atoms with Crippen LogP contribution in [0.2, 0.25) is 5.02 Å². The molecule has 0 amide bonds. The van der Waals surface area contributed by atoms with Crippen molar-refractivity contribution in [2.45, 2.75) is 38.3 Å². The van der Waals surface area contributed by atoms with E-state index in [1.165, 1.54) is 12.1 Å². The number of H-pyrrole nitrogens is 1. The van der Waals surface area contributed by atoms with Crippen LogP contribution in [0, 0.1) is 28.9 Å². The third-order valence-electron chi connectivity index (χ3n) is 8.55. The molecule has 9 nitrogen and oxygen atoms in total. The number of nitrogens with one attached hydrogen (secondary N) is 2. The molecule has 0 spiro atoms. The van der Waals surface area contributed by atoms with Crippen LogP contribution < -0.4 is 15.8 Å². The fourth-order valence-corrected chi connectivity index (χ4v) is 7.95. The Labute approximate surface area is 254 Å². The Bertz CT molecular complexity index is 1920. The number of nitrogens with zero attached hydrogens (tertiary/aromatic N) is 5. The van der Waals surface area contributed by atoms with E-state index in [2.05, 4.69) is 37.3 Å². The zero-order valence-corrected chi connectivity index (χ0v) is 24.8. The van der Waals surface area contributed by atoms with Crippen LogP contribution in [0.5, 0.6) is 6.01 Å². The van der Waals surface area contributed by atoms with Crippen molar-refractivity contribution >= 4 is 54.7 Å². The van der Waals surface area contributed by atoms with Crippen LogP contribution in [0.3, 0.4) is 0 Å². The minimum absolute atomic E-state index is 0.0101. The van der Waals surface area contributed by atoms with Crippen molar-refractivity contribution in [3.8, 4) is 23.2 Å². The first kappa shape index (κ1) is 27.8. The molecule has 4 N–H and O–H groups in total. The third kappa shape index (κ3) is 4.63. The van der Waals surface area contributed by atoms with E-state index < -0.39 is 11.6 Å². The summed E-state index contributed by atoms with van der Waals surface area (Å²) in [6, 6.07) is 6.27. The molecule has 5 aromatic rings. The first-order valence-electron chi connectivity index (χ1n) is 14.0. The number of ether oxygens (including phenoxy) is 1. The van der Waals surface area contributed by atoms with Crippen molar-refractivity contribution in [1.82, 2.24) is 25.1 Å². The fraction of sp³-hybridized carbons (Fsp3) is 0.333. The Balaban J connectivity index is 1.36. The largest absolute Gasteiger partial charge is 0.461 e. The highest BCUT2D eigenvalue weighted by Crippen LogP contribution is 2.46. The molecule has 7 rings (SSSR count). The van der Waals surface area contributed by atoms with E-state index in [1.807, 2.05) is 6.07 Å². The lowest BCUT2D eigenvalue weighted by Gasteiger charge is -2.31. The number of hydrogen-bond acceptors (Lipinski definition) is 9. The number of nitriles is 1. The lowest BCUT2D eigenvalue weighted by molar-refractivity contribution is 0.108. The summed E-state index contributed by atoms with van der Waals surface area (Å²) in [5, 5.41) is 20.5. The van der Waals surface area contributed by atoms with Gasteiger partial charge in [-0.1, -0.05) is 24.6 Å². The predicted molar refractivity (Wildman–Crippen MR) is 163 cm³/mol. The normalized spacial score (nSPS) is 20.1. The number of aromatic nitrogens is 4. The van der Waals surface area contributed by atoms with Crippen molar-refractivity contribution in [1.29, 1.82) is 5.26 Å². The van der Waals surface area contributed by atoms with Gasteiger partial charge in [-0.3, -0.25) is 10.00 Å². The maximum atomic E-state index is 16.7.